The lowest BCUT2D eigenvalue weighted by atomic mass is 10.0. The highest BCUT2D eigenvalue weighted by molar-refractivity contribution is 7.89. The maximum atomic E-state index is 12.7. The van der Waals surface area contributed by atoms with E-state index in [2.05, 4.69) is 11.9 Å². The normalized spacial score (nSPS) is 21.0. The summed E-state index contributed by atoms with van der Waals surface area (Å²) in [4.78, 5) is 3.98. The van der Waals surface area contributed by atoms with Crippen LogP contribution in [0, 0.1) is 0 Å². The molecule has 0 bridgehead atoms. The highest BCUT2D eigenvalue weighted by Gasteiger charge is 2.33. The Labute approximate surface area is 125 Å². The number of aromatic nitrogens is 1. The van der Waals surface area contributed by atoms with Crippen molar-refractivity contribution in [3.8, 4) is 0 Å². The first-order chi connectivity index (χ1) is 9.46. The van der Waals surface area contributed by atoms with Gasteiger partial charge < -0.3 is 5.73 Å². The summed E-state index contributed by atoms with van der Waals surface area (Å²) in [5.41, 5.74) is 5.53. The van der Waals surface area contributed by atoms with Crippen LogP contribution in [-0.2, 0) is 10.0 Å². The Morgan fingerprint density at radius 2 is 2.25 bits per heavy atom. The fourth-order valence-electron chi connectivity index (χ4n) is 2.62. The lowest BCUT2D eigenvalue weighted by Gasteiger charge is -2.34. The lowest BCUT2D eigenvalue weighted by molar-refractivity contribution is 0.239. The first-order valence-electron chi connectivity index (χ1n) is 6.89. The van der Waals surface area contributed by atoms with Crippen molar-refractivity contribution in [2.24, 2.45) is 0 Å². The summed E-state index contributed by atoms with van der Waals surface area (Å²) in [7, 11) is -3.54. The molecule has 0 amide bonds. The van der Waals surface area contributed by atoms with Gasteiger partial charge in [-0.3, -0.25) is 0 Å². The maximum Gasteiger partial charge on any atom is 0.244 e. The molecule has 7 heteroatoms. The number of rotatable bonds is 4. The largest absolute Gasteiger partial charge is 0.382 e. The van der Waals surface area contributed by atoms with Crippen LogP contribution in [0.2, 0.25) is 5.02 Å². The first-order valence-corrected chi connectivity index (χ1v) is 8.71. The van der Waals surface area contributed by atoms with Gasteiger partial charge in [0.05, 0.1) is 5.02 Å². The Hall–Kier alpha value is -0.850. The number of sulfonamides is 1. The molecule has 0 spiro atoms. The molecular weight excluding hydrogens is 298 g/mol. The van der Waals surface area contributed by atoms with E-state index >= 15 is 0 Å². The van der Waals surface area contributed by atoms with E-state index in [0.717, 1.165) is 32.1 Å². The molecule has 1 aromatic rings. The summed E-state index contributed by atoms with van der Waals surface area (Å²) in [6.45, 7) is 2.63. The van der Waals surface area contributed by atoms with E-state index in [9.17, 15) is 8.42 Å². The molecular formula is C13H20ClN3O2S. The van der Waals surface area contributed by atoms with E-state index < -0.39 is 10.0 Å². The highest BCUT2D eigenvalue weighted by Crippen LogP contribution is 2.29. The van der Waals surface area contributed by atoms with Crippen LogP contribution in [0.1, 0.15) is 39.0 Å². The van der Waals surface area contributed by atoms with Gasteiger partial charge in [-0.25, -0.2) is 13.4 Å². The number of anilines is 1. The number of nitrogens with two attached hydrogens (primary N) is 1. The molecule has 0 saturated carbocycles. The number of hydrogen-bond acceptors (Lipinski definition) is 4. The number of piperidine rings is 1. The second kappa shape index (κ2) is 6.28. The van der Waals surface area contributed by atoms with E-state index in [1.165, 1.54) is 12.3 Å². The zero-order valence-corrected chi connectivity index (χ0v) is 13.1. The zero-order chi connectivity index (χ0) is 14.8. The van der Waals surface area contributed by atoms with Crippen LogP contribution >= 0.6 is 11.6 Å². The monoisotopic (exact) mass is 317 g/mol. The van der Waals surface area contributed by atoms with Crippen molar-refractivity contribution in [3.63, 3.8) is 0 Å². The standard InChI is InChI=1S/C13H20ClN3O2S/c1-2-5-10-6-3-4-7-17(10)20(18,19)11-8-12(14)13(15)16-9-11/h8-10H,2-7H2,1H3,(H2,15,16). The number of pyridine rings is 1. The minimum Gasteiger partial charge on any atom is -0.382 e. The Kier molecular flexibility index (Phi) is 4.88. The van der Waals surface area contributed by atoms with E-state index in [0.29, 0.717) is 6.54 Å². The summed E-state index contributed by atoms with van der Waals surface area (Å²) < 4.78 is 27.0. The van der Waals surface area contributed by atoms with Crippen LogP contribution < -0.4 is 5.73 Å². The minimum absolute atomic E-state index is 0.0788. The van der Waals surface area contributed by atoms with Crippen LogP contribution in [0.25, 0.3) is 0 Å². The van der Waals surface area contributed by atoms with Crippen molar-refractivity contribution < 1.29 is 8.42 Å². The molecule has 1 fully saturated rings. The molecule has 1 aliphatic rings. The van der Waals surface area contributed by atoms with Gasteiger partial charge in [0.2, 0.25) is 10.0 Å². The molecule has 0 aliphatic carbocycles. The van der Waals surface area contributed by atoms with Crippen molar-refractivity contribution in [2.75, 3.05) is 12.3 Å². The third kappa shape index (κ3) is 3.07. The van der Waals surface area contributed by atoms with Gasteiger partial charge in [-0.2, -0.15) is 4.31 Å². The van der Waals surface area contributed by atoms with Crippen LogP contribution in [0.3, 0.4) is 0 Å². The third-order valence-electron chi connectivity index (χ3n) is 3.65. The van der Waals surface area contributed by atoms with Gasteiger partial charge in [-0.05, 0) is 25.3 Å². The van der Waals surface area contributed by atoms with Gasteiger partial charge in [0.1, 0.15) is 10.7 Å². The van der Waals surface area contributed by atoms with E-state index in [1.807, 2.05) is 0 Å². The van der Waals surface area contributed by atoms with E-state index in [1.54, 1.807) is 4.31 Å². The highest BCUT2D eigenvalue weighted by atomic mass is 35.5. The molecule has 1 atom stereocenters. The van der Waals surface area contributed by atoms with Crippen LogP contribution in [0.5, 0.6) is 0 Å². The van der Waals surface area contributed by atoms with Crippen LogP contribution in [-0.4, -0.2) is 30.3 Å². The van der Waals surface area contributed by atoms with Gasteiger partial charge in [0.15, 0.2) is 0 Å². The fourth-order valence-corrected chi connectivity index (χ4v) is 4.55. The Morgan fingerprint density at radius 1 is 1.50 bits per heavy atom. The van der Waals surface area contributed by atoms with Crippen molar-refractivity contribution in [3.05, 3.63) is 17.3 Å². The molecule has 1 aliphatic heterocycles. The molecule has 112 valence electrons. The summed E-state index contributed by atoms with van der Waals surface area (Å²) in [5, 5.41) is 0.176. The Bertz CT molecular complexity index is 575. The third-order valence-corrected chi connectivity index (χ3v) is 5.87. The first kappa shape index (κ1) is 15.5. The van der Waals surface area contributed by atoms with Crippen molar-refractivity contribution in [1.29, 1.82) is 0 Å². The lowest BCUT2D eigenvalue weighted by Crippen LogP contribution is -2.43. The molecule has 20 heavy (non-hydrogen) atoms. The molecule has 1 unspecified atom stereocenters. The number of halogens is 1. The molecule has 2 rings (SSSR count). The Balaban J connectivity index is 2.34. The SMILES string of the molecule is CCCC1CCCCN1S(=O)(=O)c1cnc(N)c(Cl)c1. The summed E-state index contributed by atoms with van der Waals surface area (Å²) >= 11 is 5.89. The number of nitrogens with zero attached hydrogens (tertiary/aromatic N) is 2. The summed E-state index contributed by atoms with van der Waals surface area (Å²) in [6, 6.07) is 1.46. The summed E-state index contributed by atoms with van der Waals surface area (Å²) in [5.74, 6) is 0.148. The van der Waals surface area contributed by atoms with E-state index in [4.69, 9.17) is 17.3 Å². The van der Waals surface area contributed by atoms with Crippen molar-refractivity contribution in [1.82, 2.24) is 9.29 Å². The van der Waals surface area contributed by atoms with Crippen LogP contribution in [0.15, 0.2) is 17.2 Å². The second-order valence-corrected chi connectivity index (χ2v) is 7.39. The van der Waals surface area contributed by atoms with Gasteiger partial charge in [-0.15, -0.1) is 0 Å². The Morgan fingerprint density at radius 3 is 2.90 bits per heavy atom. The summed E-state index contributed by atoms with van der Waals surface area (Å²) in [6.07, 6.45) is 6.04. The average Bonchev–Trinajstić information content (AvgIpc) is 2.42. The molecule has 1 saturated heterocycles. The molecule has 0 radical (unpaired) electrons. The van der Waals surface area contributed by atoms with Gasteiger partial charge in [0.25, 0.3) is 0 Å². The molecule has 2 N–H and O–H groups in total. The van der Waals surface area contributed by atoms with Crippen molar-refractivity contribution >= 4 is 27.4 Å². The minimum atomic E-state index is -3.54. The van der Waals surface area contributed by atoms with Crippen LogP contribution in [0.4, 0.5) is 5.82 Å². The molecule has 1 aromatic heterocycles. The van der Waals surface area contributed by atoms with Gasteiger partial charge in [0, 0.05) is 18.8 Å². The van der Waals surface area contributed by atoms with Crippen molar-refractivity contribution in [2.45, 2.75) is 50.0 Å². The number of hydrogen-bond donors (Lipinski definition) is 1. The molecule has 0 aromatic carbocycles. The second-order valence-electron chi connectivity index (χ2n) is 5.09. The topological polar surface area (TPSA) is 76.3 Å². The van der Waals surface area contributed by atoms with Gasteiger partial charge in [-0.1, -0.05) is 31.4 Å². The zero-order valence-electron chi connectivity index (χ0n) is 11.5. The fraction of sp³-hybridized carbons (Fsp3) is 0.615. The van der Waals surface area contributed by atoms with E-state index in [-0.39, 0.29) is 21.8 Å². The smallest absolute Gasteiger partial charge is 0.244 e. The predicted octanol–water partition coefficient (Wildman–Crippen LogP) is 2.66. The maximum absolute atomic E-state index is 12.7. The molecule has 2 heterocycles. The number of nitrogen functional groups attached to an aromatic ring is 1. The average molecular weight is 318 g/mol. The quantitative estimate of drug-likeness (QED) is 0.926. The van der Waals surface area contributed by atoms with Gasteiger partial charge >= 0.3 is 0 Å². The predicted molar refractivity (Wildman–Crippen MR) is 80.1 cm³/mol. The molecule has 5 nitrogen and oxygen atoms in total.